The number of carbonyl (C=O) groups excluding carboxylic acids is 1. The standard InChI is InChI=1S/C12H21N5OS/c1-9(19-12-14-15-16-17(12)2)8-11(18)13-10-6-4-3-5-7-10/h9-10H,3-8H2,1-2H3,(H,13,18). The normalized spacial score (nSPS) is 18.2. The number of thioether (sulfide) groups is 1. The molecular formula is C12H21N5OS. The second-order valence-electron chi connectivity index (χ2n) is 5.12. The van der Waals surface area contributed by atoms with Crippen LogP contribution in [0.1, 0.15) is 45.4 Å². The first-order valence-electron chi connectivity index (χ1n) is 6.83. The van der Waals surface area contributed by atoms with Gasteiger partial charge in [-0.3, -0.25) is 4.79 Å². The third-order valence-electron chi connectivity index (χ3n) is 3.33. The molecule has 1 aromatic heterocycles. The first kappa shape index (κ1) is 14.3. The molecular weight excluding hydrogens is 262 g/mol. The zero-order valence-corrected chi connectivity index (χ0v) is 12.3. The molecule has 0 spiro atoms. The summed E-state index contributed by atoms with van der Waals surface area (Å²) in [7, 11) is 1.80. The van der Waals surface area contributed by atoms with E-state index in [4.69, 9.17) is 0 Å². The maximum absolute atomic E-state index is 12.0. The molecule has 0 aliphatic heterocycles. The Labute approximate surface area is 117 Å². The summed E-state index contributed by atoms with van der Waals surface area (Å²) in [4.78, 5) is 12.0. The summed E-state index contributed by atoms with van der Waals surface area (Å²) in [5.41, 5.74) is 0. The van der Waals surface area contributed by atoms with Gasteiger partial charge in [0.25, 0.3) is 0 Å². The maximum Gasteiger partial charge on any atom is 0.221 e. The fourth-order valence-corrected chi connectivity index (χ4v) is 3.20. The Morgan fingerprint density at radius 1 is 1.47 bits per heavy atom. The lowest BCUT2D eigenvalue weighted by Gasteiger charge is -2.23. The van der Waals surface area contributed by atoms with Gasteiger partial charge in [0.05, 0.1) is 0 Å². The molecule has 1 aliphatic carbocycles. The predicted octanol–water partition coefficient (Wildman–Crippen LogP) is 1.53. The zero-order chi connectivity index (χ0) is 13.7. The topological polar surface area (TPSA) is 72.7 Å². The van der Waals surface area contributed by atoms with Crippen molar-refractivity contribution in [2.75, 3.05) is 0 Å². The molecule has 1 saturated carbocycles. The first-order valence-corrected chi connectivity index (χ1v) is 7.71. The molecule has 6 nitrogen and oxygen atoms in total. The van der Waals surface area contributed by atoms with E-state index in [1.54, 1.807) is 11.7 Å². The zero-order valence-electron chi connectivity index (χ0n) is 11.5. The van der Waals surface area contributed by atoms with Crippen LogP contribution in [-0.2, 0) is 11.8 Å². The van der Waals surface area contributed by atoms with Crippen LogP contribution in [0.3, 0.4) is 0 Å². The highest BCUT2D eigenvalue weighted by Gasteiger charge is 2.18. The summed E-state index contributed by atoms with van der Waals surface area (Å²) >= 11 is 1.53. The Morgan fingerprint density at radius 3 is 2.84 bits per heavy atom. The van der Waals surface area contributed by atoms with Crippen LogP contribution in [0.2, 0.25) is 0 Å². The molecule has 0 aromatic carbocycles. The minimum Gasteiger partial charge on any atom is -0.353 e. The monoisotopic (exact) mass is 283 g/mol. The number of carbonyl (C=O) groups is 1. The summed E-state index contributed by atoms with van der Waals surface area (Å²) in [6.45, 7) is 2.03. The maximum atomic E-state index is 12.0. The predicted molar refractivity (Wildman–Crippen MR) is 73.7 cm³/mol. The lowest BCUT2D eigenvalue weighted by atomic mass is 9.95. The Hall–Kier alpha value is -1.11. The van der Waals surface area contributed by atoms with E-state index < -0.39 is 0 Å². The summed E-state index contributed by atoms with van der Waals surface area (Å²) < 4.78 is 1.63. The van der Waals surface area contributed by atoms with Gasteiger partial charge in [0.1, 0.15) is 0 Å². The lowest BCUT2D eigenvalue weighted by Crippen LogP contribution is -2.37. The van der Waals surface area contributed by atoms with Crippen molar-refractivity contribution in [1.82, 2.24) is 25.5 Å². The number of aromatic nitrogens is 4. The number of rotatable bonds is 5. The second-order valence-corrected chi connectivity index (χ2v) is 6.53. The molecule has 106 valence electrons. The van der Waals surface area contributed by atoms with Crippen molar-refractivity contribution in [2.24, 2.45) is 7.05 Å². The molecule has 1 fully saturated rings. The fraction of sp³-hybridized carbons (Fsp3) is 0.833. The van der Waals surface area contributed by atoms with Crippen LogP contribution in [0.15, 0.2) is 5.16 Å². The molecule has 1 amide bonds. The third kappa shape index (κ3) is 4.49. The summed E-state index contributed by atoms with van der Waals surface area (Å²) in [6, 6.07) is 0.384. The molecule has 1 unspecified atom stereocenters. The highest BCUT2D eigenvalue weighted by atomic mass is 32.2. The summed E-state index contributed by atoms with van der Waals surface area (Å²) in [5, 5.41) is 15.3. The summed E-state index contributed by atoms with van der Waals surface area (Å²) in [5.74, 6) is 0.141. The van der Waals surface area contributed by atoms with Crippen molar-refractivity contribution < 1.29 is 4.79 Å². The molecule has 1 aliphatic rings. The van der Waals surface area contributed by atoms with Crippen molar-refractivity contribution >= 4 is 17.7 Å². The van der Waals surface area contributed by atoms with Crippen LogP contribution in [0.4, 0.5) is 0 Å². The van der Waals surface area contributed by atoms with Gasteiger partial charge in [-0.1, -0.05) is 37.9 Å². The van der Waals surface area contributed by atoms with Crippen LogP contribution < -0.4 is 5.32 Å². The molecule has 1 atom stereocenters. The SMILES string of the molecule is CC(CC(=O)NC1CCCCC1)Sc1nnnn1C. The average molecular weight is 283 g/mol. The molecule has 0 saturated heterocycles. The second kappa shape index (κ2) is 6.88. The van der Waals surface area contributed by atoms with Crippen LogP contribution >= 0.6 is 11.8 Å². The molecule has 19 heavy (non-hydrogen) atoms. The van der Waals surface area contributed by atoms with E-state index in [1.807, 2.05) is 6.92 Å². The van der Waals surface area contributed by atoms with Gasteiger partial charge in [0, 0.05) is 24.8 Å². The van der Waals surface area contributed by atoms with Crippen LogP contribution in [0.5, 0.6) is 0 Å². The Bertz CT molecular complexity index is 416. The van der Waals surface area contributed by atoms with Gasteiger partial charge in [-0.15, -0.1) is 5.10 Å². The largest absolute Gasteiger partial charge is 0.353 e. The number of hydrogen-bond acceptors (Lipinski definition) is 5. The molecule has 1 heterocycles. The van der Waals surface area contributed by atoms with Crippen molar-refractivity contribution in [3.05, 3.63) is 0 Å². The highest BCUT2D eigenvalue weighted by molar-refractivity contribution is 7.99. The van der Waals surface area contributed by atoms with E-state index in [0.717, 1.165) is 18.0 Å². The molecule has 2 rings (SSSR count). The lowest BCUT2D eigenvalue weighted by molar-refractivity contribution is -0.121. The quantitative estimate of drug-likeness (QED) is 0.830. The van der Waals surface area contributed by atoms with Crippen molar-refractivity contribution in [3.8, 4) is 0 Å². The van der Waals surface area contributed by atoms with Gasteiger partial charge >= 0.3 is 0 Å². The van der Waals surface area contributed by atoms with Crippen molar-refractivity contribution in [1.29, 1.82) is 0 Å². The van der Waals surface area contributed by atoms with Crippen LogP contribution in [-0.4, -0.2) is 37.4 Å². The van der Waals surface area contributed by atoms with E-state index in [2.05, 4.69) is 20.8 Å². The van der Waals surface area contributed by atoms with Crippen molar-refractivity contribution in [3.63, 3.8) is 0 Å². The molecule has 0 radical (unpaired) electrons. The number of hydrogen-bond donors (Lipinski definition) is 1. The van der Waals surface area contributed by atoms with Gasteiger partial charge < -0.3 is 5.32 Å². The molecule has 0 bridgehead atoms. The minimum absolute atomic E-state index is 0.141. The van der Waals surface area contributed by atoms with Crippen molar-refractivity contribution in [2.45, 2.75) is 61.9 Å². The smallest absolute Gasteiger partial charge is 0.221 e. The van der Waals surface area contributed by atoms with E-state index in [9.17, 15) is 4.79 Å². The Balaban J connectivity index is 1.73. The summed E-state index contributed by atoms with van der Waals surface area (Å²) in [6.07, 6.45) is 6.53. The first-order chi connectivity index (χ1) is 9.15. The molecule has 1 N–H and O–H groups in total. The van der Waals surface area contributed by atoms with Gasteiger partial charge in [0.15, 0.2) is 0 Å². The van der Waals surface area contributed by atoms with E-state index in [0.29, 0.717) is 12.5 Å². The average Bonchev–Trinajstić information content (AvgIpc) is 2.76. The van der Waals surface area contributed by atoms with E-state index >= 15 is 0 Å². The highest BCUT2D eigenvalue weighted by Crippen LogP contribution is 2.22. The van der Waals surface area contributed by atoms with Crippen LogP contribution in [0.25, 0.3) is 0 Å². The number of aryl methyl sites for hydroxylation is 1. The number of amides is 1. The fourth-order valence-electron chi connectivity index (χ4n) is 2.34. The number of nitrogens with one attached hydrogen (secondary N) is 1. The number of tetrazole rings is 1. The Morgan fingerprint density at radius 2 is 2.21 bits per heavy atom. The van der Waals surface area contributed by atoms with Gasteiger partial charge in [0.2, 0.25) is 11.1 Å². The molecule has 1 aromatic rings. The minimum atomic E-state index is 0.141. The van der Waals surface area contributed by atoms with Gasteiger partial charge in [-0.05, 0) is 23.3 Å². The van der Waals surface area contributed by atoms with Gasteiger partial charge in [-0.2, -0.15) is 0 Å². The third-order valence-corrected chi connectivity index (χ3v) is 4.46. The van der Waals surface area contributed by atoms with Crippen LogP contribution in [0, 0.1) is 0 Å². The van der Waals surface area contributed by atoms with E-state index in [-0.39, 0.29) is 11.2 Å². The van der Waals surface area contributed by atoms with Gasteiger partial charge in [-0.25, -0.2) is 4.68 Å². The Kier molecular flexibility index (Phi) is 5.18. The number of nitrogens with zero attached hydrogens (tertiary/aromatic N) is 4. The molecule has 7 heteroatoms. The van der Waals surface area contributed by atoms with E-state index in [1.165, 1.54) is 31.0 Å².